The lowest BCUT2D eigenvalue weighted by Gasteiger charge is -2.37. The Kier molecular flexibility index (Phi) is 3.74. The molecule has 2 rings (SSSR count). The van der Waals surface area contributed by atoms with Gasteiger partial charge in [0, 0.05) is 6.54 Å². The second kappa shape index (κ2) is 5.18. The first kappa shape index (κ1) is 14.4. The van der Waals surface area contributed by atoms with Gasteiger partial charge >= 0.3 is 12.2 Å². The fourth-order valence-corrected chi connectivity index (χ4v) is 2.01. The highest BCUT2D eigenvalue weighted by molar-refractivity contribution is 5.85. The second-order valence-corrected chi connectivity index (χ2v) is 5.66. The summed E-state index contributed by atoms with van der Waals surface area (Å²) < 4.78 is 10.0. The van der Waals surface area contributed by atoms with Crippen LogP contribution in [0.2, 0.25) is 0 Å². The largest absolute Gasteiger partial charge is 0.446 e. The standard InChI is InChI=1S/C12H19N3O5/c1-12(2,3)20-10(17)13-4-5-14(9(16)8-13)15-6-7-19-11(15)18/h4-8H2,1-3H3. The predicted molar refractivity (Wildman–Crippen MR) is 67.6 cm³/mol. The van der Waals surface area contributed by atoms with Crippen molar-refractivity contribution in [2.75, 3.05) is 32.8 Å². The molecule has 0 aromatic carbocycles. The molecule has 0 bridgehead atoms. The molecule has 8 heteroatoms. The summed E-state index contributed by atoms with van der Waals surface area (Å²) in [5.74, 6) is -0.319. The minimum Gasteiger partial charge on any atom is -0.446 e. The first-order valence-corrected chi connectivity index (χ1v) is 6.50. The number of hydrazine groups is 1. The van der Waals surface area contributed by atoms with E-state index in [0.717, 1.165) is 0 Å². The van der Waals surface area contributed by atoms with E-state index in [1.54, 1.807) is 20.8 Å². The van der Waals surface area contributed by atoms with Crippen molar-refractivity contribution in [3.8, 4) is 0 Å². The summed E-state index contributed by atoms with van der Waals surface area (Å²) in [5, 5.41) is 2.60. The molecule has 2 aliphatic rings. The van der Waals surface area contributed by atoms with Gasteiger partial charge in [-0.25, -0.2) is 19.6 Å². The van der Waals surface area contributed by atoms with Crippen molar-refractivity contribution in [2.24, 2.45) is 0 Å². The fourth-order valence-electron chi connectivity index (χ4n) is 2.01. The van der Waals surface area contributed by atoms with Crippen LogP contribution in [0.3, 0.4) is 0 Å². The van der Waals surface area contributed by atoms with Gasteiger partial charge in [0.25, 0.3) is 5.91 Å². The number of rotatable bonds is 1. The Labute approximate surface area is 117 Å². The summed E-state index contributed by atoms with van der Waals surface area (Å²) in [5.41, 5.74) is -0.601. The van der Waals surface area contributed by atoms with Gasteiger partial charge in [-0.05, 0) is 20.8 Å². The molecule has 0 N–H and O–H groups in total. The van der Waals surface area contributed by atoms with Gasteiger partial charge in [-0.3, -0.25) is 9.69 Å². The molecular weight excluding hydrogens is 266 g/mol. The van der Waals surface area contributed by atoms with Crippen molar-refractivity contribution in [1.29, 1.82) is 0 Å². The smallest absolute Gasteiger partial charge is 0.429 e. The van der Waals surface area contributed by atoms with Gasteiger partial charge in [0.15, 0.2) is 0 Å². The Balaban J connectivity index is 1.94. The first-order valence-electron chi connectivity index (χ1n) is 6.50. The molecule has 3 amide bonds. The van der Waals surface area contributed by atoms with Crippen molar-refractivity contribution in [3.63, 3.8) is 0 Å². The molecule has 0 unspecified atom stereocenters. The van der Waals surface area contributed by atoms with E-state index in [0.29, 0.717) is 13.1 Å². The number of ether oxygens (including phenoxy) is 2. The van der Waals surface area contributed by atoms with Crippen molar-refractivity contribution in [3.05, 3.63) is 0 Å². The number of carbonyl (C=O) groups is 3. The van der Waals surface area contributed by atoms with Crippen molar-refractivity contribution in [1.82, 2.24) is 14.9 Å². The number of hydrogen-bond acceptors (Lipinski definition) is 5. The Bertz CT molecular complexity index is 431. The molecule has 2 saturated heterocycles. The molecule has 2 aliphatic heterocycles. The average Bonchev–Trinajstić information content (AvgIpc) is 2.73. The summed E-state index contributed by atoms with van der Waals surface area (Å²) in [6, 6.07) is 0. The highest BCUT2D eigenvalue weighted by Gasteiger charge is 2.37. The van der Waals surface area contributed by atoms with E-state index in [-0.39, 0.29) is 25.6 Å². The maximum Gasteiger partial charge on any atom is 0.429 e. The van der Waals surface area contributed by atoms with E-state index in [1.165, 1.54) is 14.9 Å². The van der Waals surface area contributed by atoms with Crippen LogP contribution in [0.15, 0.2) is 0 Å². The lowest BCUT2D eigenvalue weighted by molar-refractivity contribution is -0.149. The van der Waals surface area contributed by atoms with Crippen LogP contribution >= 0.6 is 0 Å². The molecule has 0 aromatic heterocycles. The zero-order valence-electron chi connectivity index (χ0n) is 11.9. The molecule has 0 radical (unpaired) electrons. The van der Waals surface area contributed by atoms with Gasteiger partial charge in [-0.1, -0.05) is 0 Å². The number of hydrogen-bond donors (Lipinski definition) is 0. The first-order chi connectivity index (χ1) is 9.28. The third-order valence-corrected chi connectivity index (χ3v) is 2.88. The minimum absolute atomic E-state index is 0.0985. The molecule has 0 spiro atoms. The molecule has 8 nitrogen and oxygen atoms in total. The maximum absolute atomic E-state index is 12.0. The topological polar surface area (TPSA) is 79.4 Å². The van der Waals surface area contributed by atoms with Crippen LogP contribution in [0.25, 0.3) is 0 Å². The zero-order valence-corrected chi connectivity index (χ0v) is 11.9. The van der Waals surface area contributed by atoms with Crippen LogP contribution in [-0.4, -0.2) is 71.4 Å². The van der Waals surface area contributed by atoms with E-state index in [9.17, 15) is 14.4 Å². The molecule has 0 aliphatic carbocycles. The van der Waals surface area contributed by atoms with Crippen LogP contribution in [-0.2, 0) is 14.3 Å². The summed E-state index contributed by atoms with van der Waals surface area (Å²) in [6.45, 7) is 6.42. The van der Waals surface area contributed by atoms with E-state index < -0.39 is 17.8 Å². The maximum atomic E-state index is 12.0. The molecule has 112 valence electrons. The number of cyclic esters (lactones) is 1. The molecule has 0 saturated carbocycles. The van der Waals surface area contributed by atoms with Gasteiger partial charge in [0.05, 0.1) is 13.1 Å². The quantitative estimate of drug-likeness (QED) is 0.698. The molecule has 2 fully saturated rings. The lowest BCUT2D eigenvalue weighted by Crippen LogP contribution is -2.58. The third kappa shape index (κ3) is 3.12. The molecule has 2 heterocycles. The lowest BCUT2D eigenvalue weighted by atomic mass is 10.2. The zero-order chi connectivity index (χ0) is 14.9. The number of carbonyl (C=O) groups excluding carboxylic acids is 3. The van der Waals surface area contributed by atoms with Gasteiger partial charge in [-0.2, -0.15) is 0 Å². The summed E-state index contributed by atoms with van der Waals surface area (Å²) in [6.07, 6.45) is -1.04. The normalized spacial score (nSPS) is 20.2. The van der Waals surface area contributed by atoms with Crippen LogP contribution in [0.4, 0.5) is 9.59 Å². The highest BCUT2D eigenvalue weighted by Crippen LogP contribution is 2.15. The van der Waals surface area contributed by atoms with Gasteiger partial charge < -0.3 is 9.47 Å². The van der Waals surface area contributed by atoms with Crippen molar-refractivity contribution < 1.29 is 23.9 Å². The Hall–Kier alpha value is -1.99. The van der Waals surface area contributed by atoms with Crippen molar-refractivity contribution in [2.45, 2.75) is 26.4 Å². The fraction of sp³-hybridized carbons (Fsp3) is 0.750. The summed E-state index contributed by atoms with van der Waals surface area (Å²) in [7, 11) is 0. The van der Waals surface area contributed by atoms with E-state index in [1.807, 2.05) is 0 Å². The number of amides is 3. The van der Waals surface area contributed by atoms with E-state index in [2.05, 4.69) is 0 Å². The van der Waals surface area contributed by atoms with Gasteiger partial charge in [-0.15, -0.1) is 0 Å². The Morgan fingerprint density at radius 3 is 2.35 bits per heavy atom. The van der Waals surface area contributed by atoms with Crippen LogP contribution in [0.5, 0.6) is 0 Å². The SMILES string of the molecule is CC(C)(C)OC(=O)N1CCN(N2CCOC2=O)C(=O)C1. The Morgan fingerprint density at radius 1 is 1.15 bits per heavy atom. The van der Waals surface area contributed by atoms with Gasteiger partial charge in [0.1, 0.15) is 18.8 Å². The van der Waals surface area contributed by atoms with Crippen LogP contribution in [0.1, 0.15) is 20.8 Å². The average molecular weight is 285 g/mol. The molecule has 0 atom stereocenters. The Morgan fingerprint density at radius 2 is 1.85 bits per heavy atom. The predicted octanol–water partition coefficient (Wildman–Crippen LogP) is 0.433. The van der Waals surface area contributed by atoms with E-state index in [4.69, 9.17) is 9.47 Å². The molecule has 0 aromatic rings. The van der Waals surface area contributed by atoms with Crippen molar-refractivity contribution >= 4 is 18.1 Å². The van der Waals surface area contributed by atoms with Gasteiger partial charge in [0.2, 0.25) is 0 Å². The highest BCUT2D eigenvalue weighted by atomic mass is 16.6. The number of nitrogens with zero attached hydrogens (tertiary/aromatic N) is 3. The minimum atomic E-state index is -0.601. The van der Waals surface area contributed by atoms with E-state index >= 15 is 0 Å². The summed E-state index contributed by atoms with van der Waals surface area (Å²) >= 11 is 0. The molecule has 20 heavy (non-hydrogen) atoms. The second-order valence-electron chi connectivity index (χ2n) is 5.66. The third-order valence-electron chi connectivity index (χ3n) is 2.88. The number of piperazine rings is 1. The summed E-state index contributed by atoms with van der Waals surface area (Å²) in [4.78, 5) is 36.7. The molecular formula is C12H19N3O5. The van der Waals surface area contributed by atoms with Crippen LogP contribution in [0, 0.1) is 0 Å². The van der Waals surface area contributed by atoms with Crippen LogP contribution < -0.4 is 0 Å². The monoisotopic (exact) mass is 285 g/mol.